The third-order valence-electron chi connectivity index (χ3n) is 3.03. The lowest BCUT2D eigenvalue weighted by Gasteiger charge is -2.15. The molecule has 1 nitrogen and oxygen atoms in total. The Morgan fingerprint density at radius 3 is 3.00 bits per heavy atom. The summed E-state index contributed by atoms with van der Waals surface area (Å²) < 4.78 is 5.84. The minimum Gasteiger partial charge on any atom is -0.369 e. The van der Waals surface area contributed by atoms with Crippen molar-refractivity contribution < 1.29 is 4.74 Å². The predicted molar refractivity (Wildman–Crippen MR) is 67.6 cm³/mol. The van der Waals surface area contributed by atoms with Gasteiger partial charge in [-0.25, -0.2) is 0 Å². The van der Waals surface area contributed by atoms with E-state index < -0.39 is 0 Å². The van der Waals surface area contributed by atoms with Crippen molar-refractivity contribution in [1.29, 1.82) is 0 Å². The topological polar surface area (TPSA) is 9.23 Å². The van der Waals surface area contributed by atoms with Crippen LogP contribution in [0.3, 0.4) is 0 Å². The molecule has 0 aromatic heterocycles. The zero-order valence-electron chi connectivity index (χ0n) is 10.1. The van der Waals surface area contributed by atoms with Gasteiger partial charge in [-0.3, -0.25) is 0 Å². The molecule has 1 heteroatoms. The molecular weight excluding hydrogens is 196 g/mol. The van der Waals surface area contributed by atoms with Crippen LogP contribution in [-0.4, -0.2) is 6.61 Å². The molecule has 16 heavy (non-hydrogen) atoms. The SMILES string of the molecule is CC(C)c1cccc(C2C=CCCCO2)c1. The maximum Gasteiger partial charge on any atom is 0.101 e. The summed E-state index contributed by atoms with van der Waals surface area (Å²) in [6.07, 6.45) is 6.85. The van der Waals surface area contributed by atoms with Crippen LogP contribution in [0.25, 0.3) is 0 Å². The van der Waals surface area contributed by atoms with Crippen molar-refractivity contribution in [1.82, 2.24) is 0 Å². The molecule has 0 spiro atoms. The van der Waals surface area contributed by atoms with E-state index in [1.54, 1.807) is 0 Å². The van der Waals surface area contributed by atoms with Crippen molar-refractivity contribution in [2.24, 2.45) is 0 Å². The summed E-state index contributed by atoms with van der Waals surface area (Å²) in [7, 11) is 0. The van der Waals surface area contributed by atoms with Gasteiger partial charge >= 0.3 is 0 Å². The molecule has 0 N–H and O–H groups in total. The second-order valence-electron chi connectivity index (χ2n) is 4.69. The van der Waals surface area contributed by atoms with Crippen molar-refractivity contribution in [2.45, 2.75) is 38.7 Å². The molecule has 1 aliphatic heterocycles. The molecule has 1 atom stereocenters. The van der Waals surface area contributed by atoms with E-state index in [9.17, 15) is 0 Å². The third-order valence-corrected chi connectivity index (χ3v) is 3.03. The van der Waals surface area contributed by atoms with Crippen molar-refractivity contribution in [3.05, 3.63) is 47.5 Å². The minimum absolute atomic E-state index is 0.154. The lowest BCUT2D eigenvalue weighted by Crippen LogP contribution is -2.02. The van der Waals surface area contributed by atoms with Crippen LogP contribution in [0.15, 0.2) is 36.4 Å². The first-order chi connectivity index (χ1) is 7.77. The average molecular weight is 216 g/mol. The van der Waals surface area contributed by atoms with Crippen molar-refractivity contribution in [3.8, 4) is 0 Å². The molecule has 0 saturated carbocycles. The Hall–Kier alpha value is -1.08. The maximum absolute atomic E-state index is 5.84. The molecule has 0 fully saturated rings. The van der Waals surface area contributed by atoms with E-state index in [1.807, 2.05) is 0 Å². The molecule has 0 bridgehead atoms. The molecular formula is C15H20O. The molecule has 1 heterocycles. The summed E-state index contributed by atoms with van der Waals surface area (Å²) in [4.78, 5) is 0. The average Bonchev–Trinajstić information content (AvgIpc) is 2.57. The van der Waals surface area contributed by atoms with Crippen LogP contribution in [0.4, 0.5) is 0 Å². The highest BCUT2D eigenvalue weighted by Gasteiger charge is 2.11. The van der Waals surface area contributed by atoms with Gasteiger partial charge in [0.05, 0.1) is 0 Å². The molecule has 1 aromatic carbocycles. The summed E-state index contributed by atoms with van der Waals surface area (Å²) in [5.41, 5.74) is 2.67. The Bertz CT molecular complexity index is 365. The predicted octanol–water partition coefficient (Wildman–Crippen LogP) is 4.22. The molecule has 0 radical (unpaired) electrons. The third kappa shape index (κ3) is 2.73. The number of benzene rings is 1. The number of rotatable bonds is 2. The van der Waals surface area contributed by atoms with Gasteiger partial charge in [-0.05, 0) is 29.9 Å². The zero-order valence-corrected chi connectivity index (χ0v) is 10.1. The Balaban J connectivity index is 2.21. The highest BCUT2D eigenvalue weighted by atomic mass is 16.5. The van der Waals surface area contributed by atoms with E-state index in [2.05, 4.69) is 50.3 Å². The fraction of sp³-hybridized carbons (Fsp3) is 0.467. The first-order valence-electron chi connectivity index (χ1n) is 6.15. The zero-order chi connectivity index (χ0) is 11.4. The fourth-order valence-electron chi connectivity index (χ4n) is 1.99. The summed E-state index contributed by atoms with van der Waals surface area (Å²) in [5.74, 6) is 0.578. The van der Waals surface area contributed by atoms with Crippen LogP contribution in [0.2, 0.25) is 0 Å². The van der Waals surface area contributed by atoms with Crippen LogP contribution in [0, 0.1) is 0 Å². The van der Waals surface area contributed by atoms with Gasteiger partial charge in [-0.2, -0.15) is 0 Å². The summed E-state index contributed by atoms with van der Waals surface area (Å²) in [6.45, 7) is 5.31. The number of allylic oxidation sites excluding steroid dienone is 1. The highest BCUT2D eigenvalue weighted by Crippen LogP contribution is 2.25. The summed E-state index contributed by atoms with van der Waals surface area (Å²) in [5, 5.41) is 0. The molecule has 1 aliphatic rings. The van der Waals surface area contributed by atoms with Crippen LogP contribution < -0.4 is 0 Å². The van der Waals surface area contributed by atoms with E-state index in [-0.39, 0.29) is 6.10 Å². The van der Waals surface area contributed by atoms with Crippen LogP contribution in [-0.2, 0) is 4.74 Å². The van der Waals surface area contributed by atoms with Gasteiger partial charge in [-0.1, -0.05) is 50.3 Å². The lowest BCUT2D eigenvalue weighted by atomic mass is 9.98. The number of hydrogen-bond acceptors (Lipinski definition) is 1. The Kier molecular flexibility index (Phi) is 3.79. The van der Waals surface area contributed by atoms with Crippen LogP contribution >= 0.6 is 0 Å². The molecule has 0 aliphatic carbocycles. The molecule has 86 valence electrons. The van der Waals surface area contributed by atoms with E-state index in [0.29, 0.717) is 5.92 Å². The van der Waals surface area contributed by atoms with Gasteiger partial charge in [0.15, 0.2) is 0 Å². The molecule has 1 aromatic rings. The second-order valence-corrected chi connectivity index (χ2v) is 4.69. The monoisotopic (exact) mass is 216 g/mol. The van der Waals surface area contributed by atoms with Gasteiger partial charge in [-0.15, -0.1) is 0 Å². The lowest BCUT2D eigenvalue weighted by molar-refractivity contribution is 0.0882. The first kappa shape index (κ1) is 11.4. The van der Waals surface area contributed by atoms with E-state index in [1.165, 1.54) is 11.1 Å². The van der Waals surface area contributed by atoms with Gasteiger partial charge in [0.1, 0.15) is 6.10 Å². The first-order valence-corrected chi connectivity index (χ1v) is 6.15. The van der Waals surface area contributed by atoms with Gasteiger partial charge < -0.3 is 4.74 Å². The highest BCUT2D eigenvalue weighted by molar-refractivity contribution is 5.29. The van der Waals surface area contributed by atoms with Gasteiger partial charge in [0.2, 0.25) is 0 Å². The summed E-state index contributed by atoms with van der Waals surface area (Å²) in [6, 6.07) is 8.75. The smallest absolute Gasteiger partial charge is 0.101 e. The second kappa shape index (κ2) is 5.31. The van der Waals surface area contributed by atoms with Crippen LogP contribution in [0.5, 0.6) is 0 Å². The largest absolute Gasteiger partial charge is 0.369 e. The van der Waals surface area contributed by atoms with Gasteiger partial charge in [0.25, 0.3) is 0 Å². The van der Waals surface area contributed by atoms with E-state index in [0.717, 1.165) is 19.4 Å². The molecule has 0 amide bonds. The van der Waals surface area contributed by atoms with Gasteiger partial charge in [0, 0.05) is 6.61 Å². The number of hydrogen-bond donors (Lipinski definition) is 0. The molecule has 0 saturated heterocycles. The molecule has 1 unspecified atom stereocenters. The summed E-state index contributed by atoms with van der Waals surface area (Å²) >= 11 is 0. The Morgan fingerprint density at radius 2 is 2.19 bits per heavy atom. The van der Waals surface area contributed by atoms with Crippen molar-refractivity contribution in [2.75, 3.05) is 6.61 Å². The maximum atomic E-state index is 5.84. The van der Waals surface area contributed by atoms with Crippen LogP contribution in [0.1, 0.15) is 49.8 Å². The van der Waals surface area contributed by atoms with E-state index in [4.69, 9.17) is 4.74 Å². The van der Waals surface area contributed by atoms with Crippen molar-refractivity contribution >= 4 is 0 Å². The number of ether oxygens (including phenoxy) is 1. The van der Waals surface area contributed by atoms with Crippen molar-refractivity contribution in [3.63, 3.8) is 0 Å². The quantitative estimate of drug-likeness (QED) is 0.673. The Labute approximate surface area is 98.1 Å². The minimum atomic E-state index is 0.154. The Morgan fingerprint density at radius 1 is 1.31 bits per heavy atom. The molecule has 2 rings (SSSR count). The van der Waals surface area contributed by atoms with E-state index >= 15 is 0 Å². The standard InChI is InChI=1S/C15H20O/c1-12(2)13-7-6-8-14(11-13)15-9-4-3-5-10-16-15/h4,6-9,11-12,15H,3,5,10H2,1-2H3. The fourth-order valence-corrected chi connectivity index (χ4v) is 1.99. The normalized spacial score (nSPS) is 21.1.